The van der Waals surface area contributed by atoms with Crippen molar-refractivity contribution in [3.05, 3.63) is 72.2 Å². The second kappa shape index (κ2) is 8.55. The number of hydrogen-bond acceptors (Lipinski definition) is 4. The van der Waals surface area contributed by atoms with Crippen molar-refractivity contribution in [2.24, 2.45) is 0 Å². The van der Waals surface area contributed by atoms with Crippen LogP contribution in [0.5, 0.6) is 5.88 Å². The van der Waals surface area contributed by atoms with Crippen molar-refractivity contribution < 1.29 is 13.9 Å². The average Bonchev–Trinajstić information content (AvgIpc) is 3.09. The van der Waals surface area contributed by atoms with Gasteiger partial charge in [-0.1, -0.05) is 36.4 Å². The summed E-state index contributed by atoms with van der Waals surface area (Å²) < 4.78 is 21.1. The molecular weight excluding hydrogens is 395 g/mol. The van der Waals surface area contributed by atoms with Gasteiger partial charge in [-0.05, 0) is 50.1 Å². The Hall–Kier alpha value is -3.74. The molecule has 0 aliphatic rings. The predicted octanol–water partition coefficient (Wildman–Crippen LogP) is 4.97. The molecule has 0 unspecified atom stereocenters. The Morgan fingerprint density at radius 1 is 1.16 bits per heavy atom. The maximum Gasteiger partial charge on any atom is 0.265 e. The van der Waals surface area contributed by atoms with Crippen molar-refractivity contribution in [1.82, 2.24) is 14.8 Å². The van der Waals surface area contributed by atoms with Crippen molar-refractivity contribution in [2.45, 2.75) is 33.4 Å². The minimum atomic E-state index is -0.837. The fraction of sp³-hybridized carbons (Fsp3) is 0.208. The summed E-state index contributed by atoms with van der Waals surface area (Å²) in [6, 6.07) is 17.5. The Balaban J connectivity index is 1.68. The highest BCUT2D eigenvalue weighted by atomic mass is 19.1. The molecule has 0 fully saturated rings. The van der Waals surface area contributed by atoms with Gasteiger partial charge in [0, 0.05) is 18.3 Å². The van der Waals surface area contributed by atoms with Crippen LogP contribution in [0.1, 0.15) is 19.5 Å². The lowest BCUT2D eigenvalue weighted by molar-refractivity contribution is -0.122. The lowest BCUT2D eigenvalue weighted by Crippen LogP contribution is -2.30. The van der Waals surface area contributed by atoms with Crippen LogP contribution in [0.15, 0.2) is 60.7 Å². The van der Waals surface area contributed by atoms with Crippen molar-refractivity contribution >= 4 is 22.6 Å². The van der Waals surface area contributed by atoms with E-state index in [0.29, 0.717) is 23.8 Å². The van der Waals surface area contributed by atoms with E-state index in [1.165, 1.54) is 18.2 Å². The summed E-state index contributed by atoms with van der Waals surface area (Å²) in [5.74, 6) is -0.494. The molecule has 2 aromatic heterocycles. The van der Waals surface area contributed by atoms with Crippen LogP contribution in [0, 0.1) is 12.7 Å². The number of aromatic nitrogens is 3. The molecule has 1 atom stereocenters. The Labute approximate surface area is 179 Å². The topological polar surface area (TPSA) is 69.0 Å². The van der Waals surface area contributed by atoms with Gasteiger partial charge in [-0.2, -0.15) is 10.1 Å². The summed E-state index contributed by atoms with van der Waals surface area (Å²) in [6.45, 7) is 6.24. The summed E-state index contributed by atoms with van der Waals surface area (Å²) in [7, 11) is 0. The standard InChI is InChI=1S/C24H23FN4O2/c1-4-29-23-22(15(2)28-29)20(17-9-6-5-7-10-17)14-21(27-23)31-16(3)24(30)26-19-12-8-11-18(25)13-19/h5-14,16H,4H2,1-3H3,(H,26,30)/t16-/m0/s1. The van der Waals surface area contributed by atoms with E-state index in [1.807, 2.05) is 54.9 Å². The molecule has 0 bridgehead atoms. The highest BCUT2D eigenvalue weighted by Gasteiger charge is 2.20. The Morgan fingerprint density at radius 3 is 2.65 bits per heavy atom. The first-order valence-electron chi connectivity index (χ1n) is 10.1. The van der Waals surface area contributed by atoms with E-state index in [2.05, 4.69) is 15.4 Å². The minimum Gasteiger partial charge on any atom is -0.464 e. The molecule has 0 spiro atoms. The third-order valence-electron chi connectivity index (χ3n) is 5.00. The van der Waals surface area contributed by atoms with E-state index in [9.17, 15) is 9.18 Å². The molecule has 0 aliphatic heterocycles. The van der Waals surface area contributed by atoms with E-state index >= 15 is 0 Å². The van der Waals surface area contributed by atoms with Gasteiger partial charge in [0.1, 0.15) is 5.82 Å². The molecule has 158 valence electrons. The predicted molar refractivity (Wildman–Crippen MR) is 118 cm³/mol. The first-order valence-corrected chi connectivity index (χ1v) is 10.1. The first kappa shape index (κ1) is 20.5. The molecule has 6 nitrogen and oxygen atoms in total. The number of aryl methyl sites for hydroxylation is 2. The van der Waals surface area contributed by atoms with Gasteiger partial charge in [-0.3, -0.25) is 4.79 Å². The van der Waals surface area contributed by atoms with Crippen LogP contribution in [0.2, 0.25) is 0 Å². The van der Waals surface area contributed by atoms with Crippen molar-refractivity contribution in [3.63, 3.8) is 0 Å². The van der Waals surface area contributed by atoms with Gasteiger partial charge in [-0.25, -0.2) is 9.07 Å². The quantitative estimate of drug-likeness (QED) is 0.480. The zero-order valence-corrected chi connectivity index (χ0v) is 17.6. The van der Waals surface area contributed by atoms with Gasteiger partial charge < -0.3 is 10.1 Å². The molecule has 0 radical (unpaired) electrons. The van der Waals surface area contributed by atoms with Crippen molar-refractivity contribution in [2.75, 3.05) is 5.32 Å². The van der Waals surface area contributed by atoms with E-state index in [-0.39, 0.29) is 0 Å². The Kier molecular flexibility index (Phi) is 5.66. The lowest BCUT2D eigenvalue weighted by atomic mass is 10.0. The molecule has 4 aromatic rings. The van der Waals surface area contributed by atoms with E-state index in [4.69, 9.17) is 4.74 Å². The van der Waals surface area contributed by atoms with Crippen LogP contribution >= 0.6 is 0 Å². The van der Waals surface area contributed by atoms with Gasteiger partial charge in [0.05, 0.1) is 11.1 Å². The van der Waals surface area contributed by atoms with Crippen LogP contribution in [-0.4, -0.2) is 26.8 Å². The second-order valence-electron chi connectivity index (χ2n) is 7.23. The second-order valence-corrected chi connectivity index (χ2v) is 7.23. The van der Waals surface area contributed by atoms with Gasteiger partial charge >= 0.3 is 0 Å². The number of benzene rings is 2. The largest absolute Gasteiger partial charge is 0.464 e. The van der Waals surface area contributed by atoms with Crippen molar-refractivity contribution in [3.8, 4) is 17.0 Å². The average molecular weight is 418 g/mol. The highest BCUT2D eigenvalue weighted by Crippen LogP contribution is 2.33. The third kappa shape index (κ3) is 4.26. The highest BCUT2D eigenvalue weighted by molar-refractivity contribution is 5.96. The van der Waals surface area contributed by atoms with Crippen LogP contribution in [0.3, 0.4) is 0 Å². The first-order chi connectivity index (χ1) is 15.0. The minimum absolute atomic E-state index is 0.322. The molecule has 1 amide bonds. The molecule has 2 aromatic carbocycles. The summed E-state index contributed by atoms with van der Waals surface area (Å²) in [5.41, 5.74) is 3.90. The number of nitrogens with zero attached hydrogens (tertiary/aromatic N) is 3. The summed E-state index contributed by atoms with van der Waals surface area (Å²) >= 11 is 0. The number of hydrogen-bond donors (Lipinski definition) is 1. The van der Waals surface area contributed by atoms with E-state index in [1.54, 1.807) is 13.0 Å². The Bertz CT molecular complexity index is 1240. The normalized spacial score (nSPS) is 12.0. The molecule has 2 heterocycles. The van der Waals surface area contributed by atoms with Crippen LogP contribution in [-0.2, 0) is 11.3 Å². The van der Waals surface area contributed by atoms with Gasteiger partial charge in [0.15, 0.2) is 11.8 Å². The van der Waals surface area contributed by atoms with Crippen LogP contribution in [0.25, 0.3) is 22.2 Å². The molecule has 1 N–H and O–H groups in total. The SMILES string of the molecule is CCn1nc(C)c2c(-c3ccccc3)cc(O[C@@H](C)C(=O)Nc3cccc(F)c3)nc21. The van der Waals surface area contributed by atoms with Gasteiger partial charge in [0.2, 0.25) is 5.88 Å². The van der Waals surface area contributed by atoms with Crippen molar-refractivity contribution in [1.29, 1.82) is 0 Å². The molecule has 4 rings (SSSR count). The number of fused-ring (bicyclic) bond motifs is 1. The molecular formula is C24H23FN4O2. The number of rotatable bonds is 6. The molecule has 0 saturated heterocycles. The number of nitrogens with one attached hydrogen (secondary N) is 1. The number of anilines is 1. The molecule has 31 heavy (non-hydrogen) atoms. The zero-order chi connectivity index (χ0) is 22.0. The van der Waals surface area contributed by atoms with Crippen LogP contribution < -0.4 is 10.1 Å². The zero-order valence-electron chi connectivity index (χ0n) is 17.6. The number of pyridine rings is 1. The molecule has 0 aliphatic carbocycles. The van der Waals surface area contributed by atoms with Gasteiger partial charge in [-0.15, -0.1) is 0 Å². The third-order valence-corrected chi connectivity index (χ3v) is 5.00. The van der Waals surface area contributed by atoms with E-state index in [0.717, 1.165) is 22.2 Å². The number of carbonyl (C=O) groups excluding carboxylic acids is 1. The molecule has 0 saturated carbocycles. The van der Waals surface area contributed by atoms with Crippen LogP contribution in [0.4, 0.5) is 10.1 Å². The number of carbonyl (C=O) groups is 1. The number of amides is 1. The summed E-state index contributed by atoms with van der Waals surface area (Å²) in [6.07, 6.45) is -0.837. The summed E-state index contributed by atoms with van der Waals surface area (Å²) in [4.78, 5) is 17.2. The Morgan fingerprint density at radius 2 is 1.94 bits per heavy atom. The molecule has 7 heteroatoms. The maximum absolute atomic E-state index is 13.4. The van der Waals surface area contributed by atoms with E-state index < -0.39 is 17.8 Å². The smallest absolute Gasteiger partial charge is 0.265 e. The fourth-order valence-corrected chi connectivity index (χ4v) is 3.50. The summed E-state index contributed by atoms with van der Waals surface area (Å²) in [5, 5.41) is 8.22. The van der Waals surface area contributed by atoms with Gasteiger partial charge in [0.25, 0.3) is 5.91 Å². The lowest BCUT2D eigenvalue weighted by Gasteiger charge is -2.15. The monoisotopic (exact) mass is 418 g/mol. The number of ether oxygens (including phenoxy) is 1. The fourth-order valence-electron chi connectivity index (χ4n) is 3.50. The maximum atomic E-state index is 13.4. The number of halogens is 1.